The number of amides is 1. The summed E-state index contributed by atoms with van der Waals surface area (Å²) in [7, 11) is -1.98. The fourth-order valence-corrected chi connectivity index (χ4v) is 3.85. The molecule has 0 heterocycles. The van der Waals surface area contributed by atoms with Crippen LogP contribution in [0.1, 0.15) is 30.1 Å². The highest BCUT2D eigenvalue weighted by Crippen LogP contribution is 2.20. The van der Waals surface area contributed by atoms with Gasteiger partial charge in [-0.2, -0.15) is 0 Å². The van der Waals surface area contributed by atoms with Gasteiger partial charge in [0.15, 0.2) is 5.78 Å². The van der Waals surface area contributed by atoms with Crippen LogP contribution < -0.4 is 19.1 Å². The molecule has 8 nitrogen and oxygen atoms in total. The molecule has 1 N–H and O–H groups in total. The van der Waals surface area contributed by atoms with Crippen LogP contribution in [0.25, 0.3) is 0 Å². The number of hydrogen-bond acceptors (Lipinski definition) is 6. The summed E-state index contributed by atoms with van der Waals surface area (Å²) in [6, 6.07) is 13.6. The van der Waals surface area contributed by atoms with Crippen LogP contribution in [-0.2, 0) is 14.8 Å². The van der Waals surface area contributed by atoms with E-state index in [-0.39, 0.29) is 24.7 Å². The molecule has 0 aliphatic rings. The van der Waals surface area contributed by atoms with E-state index < -0.39 is 10.0 Å². The Balaban J connectivity index is 1.80. The Morgan fingerprint density at radius 1 is 1.06 bits per heavy atom. The molecule has 0 spiro atoms. The van der Waals surface area contributed by atoms with Gasteiger partial charge in [-0.25, -0.2) is 8.42 Å². The zero-order valence-corrected chi connectivity index (χ0v) is 18.8. The van der Waals surface area contributed by atoms with Crippen molar-refractivity contribution in [2.24, 2.45) is 0 Å². The SMILES string of the molecule is COc1cccc(OCCNC(=O)CCCN(c2cccc(C(C)=O)c2)S(C)(=O)=O)c1. The molecule has 31 heavy (non-hydrogen) atoms. The number of Topliss-reactive ketones (excluding diaryl/α,β-unsaturated/α-hetero) is 1. The number of rotatable bonds is 12. The normalized spacial score (nSPS) is 10.9. The molecular weight excluding hydrogens is 420 g/mol. The Bertz CT molecular complexity index is 1010. The van der Waals surface area contributed by atoms with Crippen molar-refractivity contribution >= 4 is 27.4 Å². The first kappa shape index (κ1) is 24.2. The molecule has 0 aromatic heterocycles. The van der Waals surface area contributed by atoms with E-state index in [1.165, 1.54) is 11.2 Å². The van der Waals surface area contributed by atoms with Crippen LogP contribution in [0.3, 0.4) is 0 Å². The number of carbonyl (C=O) groups is 2. The minimum Gasteiger partial charge on any atom is -0.497 e. The molecule has 1 amide bonds. The summed E-state index contributed by atoms with van der Waals surface area (Å²) in [5, 5.41) is 2.75. The zero-order chi connectivity index (χ0) is 22.9. The van der Waals surface area contributed by atoms with Gasteiger partial charge in [-0.3, -0.25) is 13.9 Å². The first-order valence-corrected chi connectivity index (χ1v) is 11.7. The van der Waals surface area contributed by atoms with Crippen molar-refractivity contribution < 1.29 is 27.5 Å². The van der Waals surface area contributed by atoms with Crippen LogP contribution in [0.2, 0.25) is 0 Å². The first-order valence-electron chi connectivity index (χ1n) is 9.83. The molecule has 0 bridgehead atoms. The maximum atomic E-state index is 12.2. The number of nitrogens with zero attached hydrogens (tertiary/aromatic N) is 1. The molecule has 2 rings (SSSR count). The summed E-state index contributed by atoms with van der Waals surface area (Å²) in [6.45, 7) is 2.18. The second-order valence-electron chi connectivity index (χ2n) is 6.92. The number of methoxy groups -OCH3 is 1. The zero-order valence-electron chi connectivity index (χ0n) is 18.0. The molecule has 0 saturated carbocycles. The molecule has 9 heteroatoms. The van der Waals surface area contributed by atoms with Crippen LogP contribution >= 0.6 is 0 Å². The minimum atomic E-state index is -3.56. The van der Waals surface area contributed by atoms with E-state index in [0.29, 0.717) is 42.3 Å². The number of benzene rings is 2. The van der Waals surface area contributed by atoms with E-state index in [2.05, 4.69) is 5.32 Å². The highest BCUT2D eigenvalue weighted by atomic mass is 32.2. The van der Waals surface area contributed by atoms with Crippen molar-refractivity contribution in [1.82, 2.24) is 5.32 Å². The van der Waals surface area contributed by atoms with E-state index in [4.69, 9.17) is 9.47 Å². The lowest BCUT2D eigenvalue weighted by molar-refractivity contribution is -0.121. The molecule has 0 unspecified atom stereocenters. The average Bonchev–Trinajstić information content (AvgIpc) is 2.73. The molecule has 0 fully saturated rings. The van der Waals surface area contributed by atoms with Gasteiger partial charge < -0.3 is 14.8 Å². The van der Waals surface area contributed by atoms with Gasteiger partial charge in [-0.1, -0.05) is 18.2 Å². The first-order chi connectivity index (χ1) is 14.7. The van der Waals surface area contributed by atoms with Gasteiger partial charge >= 0.3 is 0 Å². The highest BCUT2D eigenvalue weighted by Gasteiger charge is 2.18. The van der Waals surface area contributed by atoms with Crippen molar-refractivity contribution in [2.45, 2.75) is 19.8 Å². The minimum absolute atomic E-state index is 0.133. The second-order valence-corrected chi connectivity index (χ2v) is 8.83. The topological polar surface area (TPSA) is 102 Å². The molecule has 2 aromatic rings. The Morgan fingerprint density at radius 3 is 2.45 bits per heavy atom. The lowest BCUT2D eigenvalue weighted by Crippen LogP contribution is -2.33. The summed E-state index contributed by atoms with van der Waals surface area (Å²) in [5.41, 5.74) is 0.835. The number of nitrogens with one attached hydrogen (secondary N) is 1. The van der Waals surface area contributed by atoms with E-state index in [9.17, 15) is 18.0 Å². The van der Waals surface area contributed by atoms with Gasteiger partial charge in [-0.05, 0) is 37.6 Å². The van der Waals surface area contributed by atoms with E-state index in [0.717, 1.165) is 6.26 Å². The Hall–Kier alpha value is -3.07. The van der Waals surface area contributed by atoms with Crippen LogP contribution in [0, 0.1) is 0 Å². The molecule has 2 aromatic carbocycles. The van der Waals surface area contributed by atoms with Crippen molar-refractivity contribution in [1.29, 1.82) is 0 Å². The standard InChI is InChI=1S/C22H28N2O6S/c1-17(25)18-7-4-8-19(15-18)24(31(3,27)28)13-6-11-22(26)23-12-14-30-21-10-5-9-20(16-21)29-2/h4-5,7-10,15-16H,6,11-14H2,1-3H3,(H,23,26). The van der Waals surface area contributed by atoms with Crippen molar-refractivity contribution in [3.8, 4) is 11.5 Å². The van der Waals surface area contributed by atoms with E-state index in [1.807, 2.05) is 12.1 Å². The lowest BCUT2D eigenvalue weighted by Gasteiger charge is -2.22. The number of carbonyl (C=O) groups excluding carboxylic acids is 2. The van der Waals surface area contributed by atoms with Gasteiger partial charge in [0.1, 0.15) is 18.1 Å². The molecule has 0 aliphatic carbocycles. The van der Waals surface area contributed by atoms with Crippen molar-refractivity contribution in [3.63, 3.8) is 0 Å². The third-order valence-electron chi connectivity index (χ3n) is 4.44. The molecular formula is C22H28N2O6S. The van der Waals surface area contributed by atoms with E-state index in [1.54, 1.807) is 43.5 Å². The summed E-state index contributed by atoms with van der Waals surface area (Å²) in [5.74, 6) is 0.988. The average molecular weight is 449 g/mol. The third-order valence-corrected chi connectivity index (χ3v) is 5.63. The van der Waals surface area contributed by atoms with Gasteiger partial charge in [0, 0.05) is 24.6 Å². The van der Waals surface area contributed by atoms with E-state index >= 15 is 0 Å². The van der Waals surface area contributed by atoms with Crippen LogP contribution in [0.5, 0.6) is 11.5 Å². The number of ketones is 1. The van der Waals surface area contributed by atoms with Crippen LogP contribution in [-0.4, -0.2) is 53.2 Å². The fourth-order valence-electron chi connectivity index (χ4n) is 2.89. The monoisotopic (exact) mass is 448 g/mol. The van der Waals surface area contributed by atoms with Crippen molar-refractivity contribution in [2.75, 3.05) is 37.4 Å². The smallest absolute Gasteiger partial charge is 0.232 e. The summed E-state index contributed by atoms with van der Waals surface area (Å²) < 4.78 is 36.3. The largest absolute Gasteiger partial charge is 0.497 e. The molecule has 168 valence electrons. The summed E-state index contributed by atoms with van der Waals surface area (Å²) >= 11 is 0. The number of anilines is 1. The Kier molecular flexibility index (Phi) is 8.87. The van der Waals surface area contributed by atoms with Gasteiger partial charge in [-0.15, -0.1) is 0 Å². The second kappa shape index (κ2) is 11.4. The quantitative estimate of drug-likeness (QED) is 0.396. The van der Waals surface area contributed by atoms with Crippen molar-refractivity contribution in [3.05, 3.63) is 54.1 Å². The third kappa shape index (κ3) is 7.93. The molecule has 0 aliphatic heterocycles. The highest BCUT2D eigenvalue weighted by molar-refractivity contribution is 7.92. The van der Waals surface area contributed by atoms with Gasteiger partial charge in [0.05, 0.1) is 25.6 Å². The lowest BCUT2D eigenvalue weighted by atomic mass is 10.1. The predicted molar refractivity (Wildman–Crippen MR) is 119 cm³/mol. The predicted octanol–water partition coefficient (Wildman–Crippen LogP) is 2.64. The summed E-state index contributed by atoms with van der Waals surface area (Å²) in [4.78, 5) is 23.7. The fraction of sp³-hybridized carbons (Fsp3) is 0.364. The van der Waals surface area contributed by atoms with Crippen LogP contribution in [0.4, 0.5) is 5.69 Å². The van der Waals surface area contributed by atoms with Gasteiger partial charge in [0.25, 0.3) is 0 Å². The maximum Gasteiger partial charge on any atom is 0.232 e. The maximum absolute atomic E-state index is 12.2. The Morgan fingerprint density at radius 2 is 1.77 bits per heavy atom. The molecule has 0 saturated heterocycles. The Labute approximate surface area is 183 Å². The number of ether oxygens (including phenoxy) is 2. The summed E-state index contributed by atoms with van der Waals surface area (Å²) in [6.07, 6.45) is 1.60. The number of sulfonamides is 1. The molecule has 0 radical (unpaired) electrons. The number of hydrogen-bond donors (Lipinski definition) is 1. The van der Waals surface area contributed by atoms with Crippen LogP contribution in [0.15, 0.2) is 48.5 Å². The van der Waals surface area contributed by atoms with Gasteiger partial charge in [0.2, 0.25) is 15.9 Å². The molecule has 0 atom stereocenters.